The smallest absolute Gasteiger partial charge is 0.257 e. The van der Waals surface area contributed by atoms with Crippen molar-refractivity contribution in [1.29, 1.82) is 0 Å². The van der Waals surface area contributed by atoms with Crippen molar-refractivity contribution >= 4 is 33.0 Å². The van der Waals surface area contributed by atoms with Crippen molar-refractivity contribution in [3.8, 4) is 0 Å². The number of thiophene rings is 1. The summed E-state index contributed by atoms with van der Waals surface area (Å²) in [5.74, 6) is -0.245. The molecule has 3 N–H and O–H groups in total. The Labute approximate surface area is 130 Å². The van der Waals surface area contributed by atoms with Gasteiger partial charge in [0, 0.05) is 39.1 Å². The Morgan fingerprint density at radius 1 is 1.23 bits per heavy atom. The van der Waals surface area contributed by atoms with Crippen LogP contribution in [-0.2, 0) is 13.2 Å². The summed E-state index contributed by atoms with van der Waals surface area (Å²) >= 11 is 1.49. The number of rotatable bonds is 4. The average molecular weight is 314 g/mol. The van der Waals surface area contributed by atoms with Crippen LogP contribution in [-0.4, -0.2) is 21.1 Å². The van der Waals surface area contributed by atoms with Gasteiger partial charge in [-0.15, -0.1) is 11.3 Å². The quantitative estimate of drug-likeness (QED) is 0.691. The van der Waals surface area contributed by atoms with Gasteiger partial charge in [-0.05, 0) is 23.8 Å². The molecule has 0 fully saturated rings. The number of nitrogens with zero attached hydrogens (tertiary/aromatic N) is 1. The van der Waals surface area contributed by atoms with Crippen LogP contribution >= 0.6 is 11.3 Å². The SMILES string of the molecule is O=C(Nc1ccc(CO)cc1CO)c1csc2ccncc12. The number of nitrogens with one attached hydrogen (secondary N) is 1. The first-order valence-corrected chi connectivity index (χ1v) is 7.57. The summed E-state index contributed by atoms with van der Waals surface area (Å²) in [6, 6.07) is 6.93. The molecule has 0 saturated heterocycles. The lowest BCUT2D eigenvalue weighted by Crippen LogP contribution is -2.13. The Morgan fingerprint density at radius 3 is 2.86 bits per heavy atom. The Hall–Kier alpha value is -2.28. The number of benzene rings is 1. The van der Waals surface area contributed by atoms with E-state index >= 15 is 0 Å². The van der Waals surface area contributed by atoms with Gasteiger partial charge in [-0.2, -0.15) is 0 Å². The van der Waals surface area contributed by atoms with Crippen LogP contribution in [0.1, 0.15) is 21.5 Å². The van der Waals surface area contributed by atoms with Crippen LogP contribution < -0.4 is 5.32 Å². The minimum atomic E-state index is -0.245. The van der Waals surface area contributed by atoms with E-state index in [1.165, 1.54) is 11.3 Å². The number of aromatic nitrogens is 1. The summed E-state index contributed by atoms with van der Waals surface area (Å²) < 4.78 is 0.998. The third-order valence-corrected chi connectivity index (χ3v) is 4.35. The van der Waals surface area contributed by atoms with E-state index in [0.717, 1.165) is 10.1 Å². The molecule has 0 bridgehead atoms. The van der Waals surface area contributed by atoms with Gasteiger partial charge in [0.25, 0.3) is 5.91 Å². The number of anilines is 1. The van der Waals surface area contributed by atoms with Crippen LogP contribution in [0.25, 0.3) is 10.1 Å². The first-order chi connectivity index (χ1) is 10.7. The number of pyridine rings is 1. The lowest BCUT2D eigenvalue weighted by Gasteiger charge is -2.10. The lowest BCUT2D eigenvalue weighted by molar-refractivity contribution is 0.102. The van der Waals surface area contributed by atoms with Gasteiger partial charge >= 0.3 is 0 Å². The van der Waals surface area contributed by atoms with Gasteiger partial charge in [-0.3, -0.25) is 9.78 Å². The fourth-order valence-corrected chi connectivity index (χ4v) is 3.14. The number of amides is 1. The summed E-state index contributed by atoms with van der Waals surface area (Å²) in [5.41, 5.74) is 2.35. The highest BCUT2D eigenvalue weighted by molar-refractivity contribution is 7.17. The third-order valence-electron chi connectivity index (χ3n) is 3.39. The maximum absolute atomic E-state index is 12.4. The van der Waals surface area contributed by atoms with Crippen LogP contribution in [0.3, 0.4) is 0 Å². The second-order valence-corrected chi connectivity index (χ2v) is 5.69. The van der Waals surface area contributed by atoms with Gasteiger partial charge in [-0.1, -0.05) is 6.07 Å². The summed E-state index contributed by atoms with van der Waals surface area (Å²) in [4.78, 5) is 16.5. The summed E-state index contributed by atoms with van der Waals surface area (Å²) in [6.45, 7) is -0.322. The molecular weight excluding hydrogens is 300 g/mol. The third kappa shape index (κ3) is 2.71. The first kappa shape index (κ1) is 14.6. The van der Waals surface area contributed by atoms with Crippen molar-refractivity contribution in [3.63, 3.8) is 0 Å². The van der Waals surface area contributed by atoms with Crippen molar-refractivity contribution in [1.82, 2.24) is 4.98 Å². The summed E-state index contributed by atoms with van der Waals surface area (Å²) in [5, 5.41) is 23.9. The number of fused-ring (bicyclic) bond motifs is 1. The molecule has 0 aliphatic carbocycles. The standard InChI is InChI=1S/C16H14N2O3S/c19-7-10-1-2-14(11(5-10)8-20)18-16(21)13-9-22-15-3-4-17-6-12(13)15/h1-6,9,19-20H,7-8H2,(H,18,21). The van der Waals surface area contributed by atoms with Crippen molar-refractivity contribution in [2.45, 2.75) is 13.2 Å². The molecule has 0 aliphatic rings. The molecule has 6 heteroatoms. The maximum Gasteiger partial charge on any atom is 0.257 e. The molecule has 1 aromatic carbocycles. The van der Waals surface area contributed by atoms with Crippen LogP contribution in [0.15, 0.2) is 42.0 Å². The zero-order chi connectivity index (χ0) is 15.5. The van der Waals surface area contributed by atoms with Crippen LogP contribution in [0, 0.1) is 0 Å². The molecular formula is C16H14N2O3S. The number of aliphatic hydroxyl groups is 2. The van der Waals surface area contributed by atoms with Crippen LogP contribution in [0.2, 0.25) is 0 Å². The molecule has 1 amide bonds. The minimum absolute atomic E-state index is 0.109. The number of hydrogen-bond donors (Lipinski definition) is 3. The number of carbonyl (C=O) groups excluding carboxylic acids is 1. The molecule has 5 nitrogen and oxygen atoms in total. The zero-order valence-corrected chi connectivity index (χ0v) is 12.4. The topological polar surface area (TPSA) is 82.5 Å². The van der Waals surface area contributed by atoms with Crippen molar-refractivity contribution in [2.75, 3.05) is 5.32 Å². The maximum atomic E-state index is 12.4. The molecule has 22 heavy (non-hydrogen) atoms. The molecule has 2 aromatic heterocycles. The van der Waals surface area contributed by atoms with E-state index in [9.17, 15) is 9.90 Å². The highest BCUT2D eigenvalue weighted by atomic mass is 32.1. The lowest BCUT2D eigenvalue weighted by atomic mass is 10.1. The van der Waals surface area contributed by atoms with E-state index in [0.29, 0.717) is 22.4 Å². The van der Waals surface area contributed by atoms with Gasteiger partial charge in [0.1, 0.15) is 0 Å². The largest absolute Gasteiger partial charge is 0.392 e. The zero-order valence-electron chi connectivity index (χ0n) is 11.6. The fraction of sp³-hybridized carbons (Fsp3) is 0.125. The number of aliphatic hydroxyl groups excluding tert-OH is 2. The molecule has 0 unspecified atom stereocenters. The van der Waals surface area contributed by atoms with Gasteiger partial charge in [0.05, 0.1) is 18.8 Å². The first-order valence-electron chi connectivity index (χ1n) is 6.69. The van der Waals surface area contributed by atoms with Crippen molar-refractivity contribution < 1.29 is 15.0 Å². The Balaban J connectivity index is 1.91. The Bertz CT molecular complexity index is 829. The Morgan fingerprint density at radius 2 is 2.09 bits per heavy atom. The van der Waals surface area contributed by atoms with Crippen molar-refractivity contribution in [3.05, 3.63) is 58.7 Å². The molecule has 0 saturated carbocycles. The molecule has 112 valence electrons. The van der Waals surface area contributed by atoms with Gasteiger partial charge in [0.2, 0.25) is 0 Å². The normalized spacial score (nSPS) is 10.8. The monoisotopic (exact) mass is 314 g/mol. The Kier molecular flexibility index (Phi) is 4.15. The van der Waals surface area contributed by atoms with E-state index in [2.05, 4.69) is 10.3 Å². The van der Waals surface area contributed by atoms with E-state index in [1.54, 1.807) is 36.0 Å². The van der Waals surface area contributed by atoms with Gasteiger partial charge in [0.15, 0.2) is 0 Å². The molecule has 0 aliphatic heterocycles. The number of hydrogen-bond acceptors (Lipinski definition) is 5. The van der Waals surface area contributed by atoms with E-state index in [-0.39, 0.29) is 19.1 Å². The van der Waals surface area contributed by atoms with E-state index < -0.39 is 0 Å². The number of carbonyl (C=O) groups is 1. The highest BCUT2D eigenvalue weighted by Crippen LogP contribution is 2.26. The van der Waals surface area contributed by atoms with E-state index in [1.807, 2.05) is 6.07 Å². The predicted octanol–water partition coefficient (Wildman–Crippen LogP) is 2.53. The minimum Gasteiger partial charge on any atom is -0.392 e. The summed E-state index contributed by atoms with van der Waals surface area (Å²) in [6.07, 6.45) is 3.36. The second kappa shape index (κ2) is 6.23. The molecule has 3 aromatic rings. The van der Waals surface area contributed by atoms with Crippen LogP contribution in [0.5, 0.6) is 0 Å². The fourth-order valence-electron chi connectivity index (χ4n) is 2.24. The van der Waals surface area contributed by atoms with Crippen LogP contribution in [0.4, 0.5) is 5.69 Å². The molecule has 3 rings (SSSR count). The van der Waals surface area contributed by atoms with Gasteiger partial charge < -0.3 is 15.5 Å². The predicted molar refractivity (Wildman–Crippen MR) is 85.9 cm³/mol. The second-order valence-electron chi connectivity index (χ2n) is 4.78. The average Bonchev–Trinajstić information content (AvgIpc) is 2.99. The van der Waals surface area contributed by atoms with E-state index in [4.69, 9.17) is 5.11 Å². The molecule has 0 spiro atoms. The van der Waals surface area contributed by atoms with Gasteiger partial charge in [-0.25, -0.2) is 0 Å². The highest BCUT2D eigenvalue weighted by Gasteiger charge is 2.14. The molecule has 0 atom stereocenters. The molecule has 0 radical (unpaired) electrons. The van der Waals surface area contributed by atoms with Crippen molar-refractivity contribution in [2.24, 2.45) is 0 Å². The summed E-state index contributed by atoms with van der Waals surface area (Å²) in [7, 11) is 0. The molecule has 2 heterocycles.